The fourth-order valence-electron chi connectivity index (χ4n) is 5.90. The van der Waals surface area contributed by atoms with E-state index in [0.717, 1.165) is 53.3 Å². The summed E-state index contributed by atoms with van der Waals surface area (Å²) in [7, 11) is 0. The van der Waals surface area contributed by atoms with Gasteiger partial charge in [0.2, 0.25) is 0 Å². The number of hydrogen-bond acceptors (Lipinski definition) is 6. The van der Waals surface area contributed by atoms with E-state index in [1.165, 1.54) is 11.1 Å². The third-order valence-electron chi connectivity index (χ3n) is 7.57. The minimum atomic E-state index is -1.49. The second kappa shape index (κ2) is 11.1. The zero-order valence-corrected chi connectivity index (χ0v) is 25.8. The molecule has 2 atom stereocenters. The molecule has 2 aliphatic heterocycles. The molecule has 0 radical (unpaired) electrons. The van der Waals surface area contributed by atoms with Crippen LogP contribution in [0.5, 0.6) is 11.5 Å². The molecule has 2 heterocycles. The quantitative estimate of drug-likeness (QED) is 0.192. The predicted molar refractivity (Wildman–Crippen MR) is 156 cm³/mol. The molecule has 6 rings (SSSR count). The Balaban J connectivity index is 1.41. The van der Waals surface area contributed by atoms with Gasteiger partial charge in [0.25, 0.3) is 0 Å². The van der Waals surface area contributed by atoms with Crippen LogP contribution >= 0.6 is 23.5 Å². The van der Waals surface area contributed by atoms with Crippen LogP contribution in [0.4, 0.5) is 0 Å². The Hall–Kier alpha value is -2.28. The molecule has 190 valence electrons. The Kier molecular flexibility index (Phi) is 7.57. The number of nitrogens with one attached hydrogen (secondary N) is 2. The first-order valence-electron chi connectivity index (χ1n) is 13.1. The van der Waals surface area contributed by atoms with Crippen molar-refractivity contribution in [2.75, 3.05) is 24.6 Å². The number of thioether (sulfide) groups is 2. The van der Waals surface area contributed by atoms with Crippen molar-refractivity contribution < 1.29 is 27.3 Å². The summed E-state index contributed by atoms with van der Waals surface area (Å²) in [6.45, 7) is 2.00. The summed E-state index contributed by atoms with van der Waals surface area (Å²) >= 11 is 2.65. The molecule has 4 nitrogen and oxygen atoms in total. The third-order valence-corrected chi connectivity index (χ3v) is 18.8. The first-order chi connectivity index (χ1) is 18.6. The molecular weight excluding hydrogens is 562 g/mol. The fourth-order valence-corrected chi connectivity index (χ4v) is 19.1. The number of para-hydroxylation sites is 2. The zero-order valence-electron chi connectivity index (χ0n) is 21.2. The van der Waals surface area contributed by atoms with Crippen LogP contribution in [0.25, 0.3) is 22.3 Å². The van der Waals surface area contributed by atoms with E-state index in [9.17, 15) is 10.2 Å². The van der Waals surface area contributed by atoms with E-state index in [-0.39, 0.29) is 6.93 Å². The van der Waals surface area contributed by atoms with Crippen molar-refractivity contribution in [1.82, 2.24) is 10.6 Å². The molecule has 0 aliphatic carbocycles. The first-order valence-corrected chi connectivity index (χ1v) is 18.1. The average Bonchev–Trinajstić information content (AvgIpc) is 3.60. The van der Waals surface area contributed by atoms with Crippen molar-refractivity contribution in [3.8, 4) is 33.8 Å². The summed E-state index contributed by atoms with van der Waals surface area (Å²) in [4.78, 5) is 0. The molecule has 0 saturated carbocycles. The molecule has 38 heavy (non-hydrogen) atoms. The van der Waals surface area contributed by atoms with Crippen molar-refractivity contribution in [2.45, 2.75) is 13.4 Å². The van der Waals surface area contributed by atoms with Crippen LogP contribution in [0.2, 0.25) is 0 Å². The molecule has 4 aromatic rings. The van der Waals surface area contributed by atoms with Crippen LogP contribution in [0, 0.1) is 0 Å². The molecule has 0 spiro atoms. The predicted octanol–water partition coefficient (Wildman–Crippen LogP) is 6.19. The Labute approximate surface area is 240 Å². The number of rotatable bonds is 7. The zero-order chi connectivity index (χ0) is 26.0. The number of aromatic hydroxyl groups is 2. The summed E-state index contributed by atoms with van der Waals surface area (Å²) in [6.07, 6.45) is 0.922. The fraction of sp³-hybridized carbons (Fsp3) is 0.226. The summed E-state index contributed by atoms with van der Waals surface area (Å²) in [5.41, 5.74) is 6.58. The molecule has 7 heteroatoms. The summed E-state index contributed by atoms with van der Waals surface area (Å²) < 4.78 is -0.107. The molecule has 2 unspecified atom stereocenters. The van der Waals surface area contributed by atoms with Crippen LogP contribution in [0.15, 0.2) is 97.1 Å². The molecule has 0 amide bonds. The molecule has 0 aromatic heterocycles. The van der Waals surface area contributed by atoms with Gasteiger partial charge in [-0.1, -0.05) is 0 Å². The molecule has 2 aliphatic rings. The SMILES string of the molecule is Oc1ccccc1-c1ccccc1C[C]1([Zn][C]2(c3ccccc3-c3ccccc3O)NCCS2)NCCS1. The van der Waals surface area contributed by atoms with Gasteiger partial charge in [0.15, 0.2) is 0 Å². The van der Waals surface area contributed by atoms with Gasteiger partial charge in [-0.2, -0.15) is 0 Å². The topological polar surface area (TPSA) is 64.5 Å². The monoisotopic (exact) mass is 590 g/mol. The maximum absolute atomic E-state index is 10.8. The van der Waals surface area contributed by atoms with Crippen LogP contribution in [-0.4, -0.2) is 38.3 Å². The van der Waals surface area contributed by atoms with E-state index in [4.69, 9.17) is 0 Å². The number of phenols is 2. The number of hydrogen-bond donors (Lipinski definition) is 4. The number of benzene rings is 4. The van der Waals surface area contributed by atoms with E-state index in [1.807, 2.05) is 36.4 Å². The Morgan fingerprint density at radius 1 is 0.632 bits per heavy atom. The van der Waals surface area contributed by atoms with Crippen LogP contribution in [0.3, 0.4) is 0 Å². The molecular formula is C31H30N2O2S2Zn. The van der Waals surface area contributed by atoms with Gasteiger partial charge in [-0.05, 0) is 0 Å². The Morgan fingerprint density at radius 2 is 1.18 bits per heavy atom. The molecule has 4 aromatic carbocycles. The Morgan fingerprint density at radius 3 is 1.82 bits per heavy atom. The van der Waals surface area contributed by atoms with E-state index >= 15 is 0 Å². The van der Waals surface area contributed by atoms with E-state index in [0.29, 0.717) is 11.5 Å². The van der Waals surface area contributed by atoms with E-state index in [1.54, 1.807) is 12.1 Å². The van der Waals surface area contributed by atoms with Gasteiger partial charge in [-0.3, -0.25) is 0 Å². The minimum absolute atomic E-state index is 0.00366. The summed E-state index contributed by atoms with van der Waals surface area (Å²) in [6, 6.07) is 32.5. The van der Waals surface area contributed by atoms with Gasteiger partial charge in [0.1, 0.15) is 0 Å². The second-order valence-electron chi connectivity index (χ2n) is 9.96. The van der Waals surface area contributed by atoms with Crippen molar-refractivity contribution >= 4 is 23.5 Å². The van der Waals surface area contributed by atoms with Gasteiger partial charge >= 0.3 is 241 Å². The summed E-state index contributed by atoms with van der Waals surface area (Å²) in [5, 5.41) is 29.4. The standard InChI is InChI=1S/C16H16NOS.C15H14NOS.Zn/c18-15-8-4-3-7-14(15)13-6-2-1-5-12(13)11-16-17-9-10-19-16;17-14-8-4-3-6-12(14)11-5-1-2-7-13(11)15-16-9-10-18-15;/h1-8,17-18H,9-11H2;1-8,16-17H,9-10H2;. The normalized spacial score (nSPS) is 22.8. The van der Waals surface area contributed by atoms with Crippen LogP contribution in [-0.2, 0) is 27.0 Å². The number of phenolic OH excluding ortho intramolecular Hbond substituents is 2. The van der Waals surface area contributed by atoms with Crippen molar-refractivity contribution in [3.63, 3.8) is 0 Å². The molecule has 2 fully saturated rings. The Bertz CT molecular complexity index is 1430. The third kappa shape index (κ3) is 5.03. The van der Waals surface area contributed by atoms with Crippen molar-refractivity contribution in [2.24, 2.45) is 0 Å². The van der Waals surface area contributed by atoms with Gasteiger partial charge in [-0.25, -0.2) is 0 Å². The van der Waals surface area contributed by atoms with Gasteiger partial charge in [0, 0.05) is 0 Å². The van der Waals surface area contributed by atoms with E-state index in [2.05, 4.69) is 82.7 Å². The second-order valence-corrected chi connectivity index (χ2v) is 20.5. The maximum atomic E-state index is 10.8. The van der Waals surface area contributed by atoms with Crippen molar-refractivity contribution in [1.29, 1.82) is 0 Å². The van der Waals surface area contributed by atoms with E-state index < -0.39 is 17.1 Å². The van der Waals surface area contributed by atoms with Crippen LogP contribution < -0.4 is 10.6 Å². The molecule has 4 N–H and O–H groups in total. The van der Waals surface area contributed by atoms with Gasteiger partial charge < -0.3 is 0 Å². The van der Waals surface area contributed by atoms with Crippen LogP contribution in [0.1, 0.15) is 11.1 Å². The molecule has 0 bridgehead atoms. The van der Waals surface area contributed by atoms with Gasteiger partial charge in [-0.15, -0.1) is 0 Å². The first kappa shape index (κ1) is 26.0. The summed E-state index contributed by atoms with van der Waals surface area (Å²) in [5.74, 6) is 2.83. The van der Waals surface area contributed by atoms with Gasteiger partial charge in [0.05, 0.1) is 0 Å². The van der Waals surface area contributed by atoms with Crippen molar-refractivity contribution in [3.05, 3.63) is 108 Å². The molecule has 2 saturated heterocycles. The average molecular weight is 592 g/mol.